The Bertz CT molecular complexity index is 1100. The molecular weight excluding hydrogens is 348 g/mol. The van der Waals surface area contributed by atoms with Gasteiger partial charge in [-0.2, -0.15) is 0 Å². The third-order valence-electron chi connectivity index (χ3n) is 5.25. The number of carbonyl (C=O) groups excluding carboxylic acids is 1. The van der Waals surface area contributed by atoms with Crippen LogP contribution in [-0.4, -0.2) is 15.9 Å². The van der Waals surface area contributed by atoms with E-state index in [0.717, 1.165) is 17.1 Å². The highest BCUT2D eigenvalue weighted by Gasteiger charge is 2.47. The number of nitrogens with zero attached hydrogens (tertiary/aromatic N) is 2. The first kappa shape index (κ1) is 15.9. The summed E-state index contributed by atoms with van der Waals surface area (Å²) in [4.78, 5) is 22.1. The maximum absolute atomic E-state index is 13.9. The Kier molecular flexibility index (Phi) is 3.47. The van der Waals surface area contributed by atoms with E-state index in [2.05, 4.69) is 9.97 Å². The van der Waals surface area contributed by atoms with Gasteiger partial charge in [-0.05, 0) is 35.9 Å². The van der Waals surface area contributed by atoms with Crippen molar-refractivity contribution in [2.24, 2.45) is 11.8 Å². The first-order valence-electron chi connectivity index (χ1n) is 8.69. The number of aromatic amines is 1. The molecule has 1 N–H and O–H groups in total. The molecule has 1 aliphatic heterocycles. The predicted molar refractivity (Wildman–Crippen MR) is 97.9 cm³/mol. The van der Waals surface area contributed by atoms with Gasteiger partial charge in [0.15, 0.2) is 0 Å². The normalized spacial score (nSPS) is 24.0. The highest BCUT2D eigenvalue weighted by Crippen LogP contribution is 2.47. The number of imidazole rings is 1. The van der Waals surface area contributed by atoms with Crippen LogP contribution in [0.5, 0.6) is 0 Å². The number of amides is 1. The van der Waals surface area contributed by atoms with Crippen molar-refractivity contribution in [3.63, 3.8) is 0 Å². The standard InChI is InChI=1S/C21H15F2N3O/c22-13-7-12(8-14(23)9-13)20-16-3-1-2-4-17(16)21(27)26(20)15-5-6-18-19(10-15)25-11-24-18/h1-11,16-17,20H,(H,24,25). The molecule has 5 rings (SSSR count). The van der Waals surface area contributed by atoms with Crippen LogP contribution in [0.25, 0.3) is 11.0 Å². The summed E-state index contributed by atoms with van der Waals surface area (Å²) in [7, 11) is 0. The third kappa shape index (κ3) is 2.48. The largest absolute Gasteiger partial charge is 0.345 e. The summed E-state index contributed by atoms with van der Waals surface area (Å²) in [5.41, 5.74) is 2.70. The predicted octanol–water partition coefficient (Wildman–Crippen LogP) is 4.29. The molecule has 1 aromatic heterocycles. The number of fused-ring (bicyclic) bond motifs is 2. The summed E-state index contributed by atoms with van der Waals surface area (Å²) in [6.07, 6.45) is 9.09. The zero-order valence-electron chi connectivity index (χ0n) is 14.1. The molecule has 3 atom stereocenters. The third-order valence-corrected chi connectivity index (χ3v) is 5.25. The average Bonchev–Trinajstić information content (AvgIpc) is 3.23. The van der Waals surface area contributed by atoms with Gasteiger partial charge in [0.05, 0.1) is 29.3 Å². The number of nitrogens with one attached hydrogen (secondary N) is 1. The number of benzene rings is 2. The lowest BCUT2D eigenvalue weighted by Crippen LogP contribution is -2.29. The molecule has 1 fully saturated rings. The lowest BCUT2D eigenvalue weighted by atomic mass is 9.84. The number of allylic oxidation sites excluding steroid dienone is 2. The fourth-order valence-corrected chi connectivity index (χ4v) is 4.12. The van der Waals surface area contributed by atoms with Crippen molar-refractivity contribution in [1.29, 1.82) is 0 Å². The molecule has 0 bridgehead atoms. The summed E-state index contributed by atoms with van der Waals surface area (Å²) in [6, 6.07) is 8.44. The minimum absolute atomic E-state index is 0.0888. The van der Waals surface area contributed by atoms with E-state index in [1.165, 1.54) is 12.1 Å². The van der Waals surface area contributed by atoms with Crippen LogP contribution in [0.3, 0.4) is 0 Å². The van der Waals surface area contributed by atoms with Crippen molar-refractivity contribution >= 4 is 22.6 Å². The Labute approximate surface area is 153 Å². The van der Waals surface area contributed by atoms with Crippen LogP contribution in [0, 0.1) is 23.5 Å². The zero-order valence-corrected chi connectivity index (χ0v) is 14.1. The molecule has 1 saturated heterocycles. The van der Waals surface area contributed by atoms with Gasteiger partial charge >= 0.3 is 0 Å². The Hall–Kier alpha value is -3.28. The Morgan fingerprint density at radius 3 is 2.59 bits per heavy atom. The number of halogens is 2. The van der Waals surface area contributed by atoms with Crippen LogP contribution >= 0.6 is 0 Å². The number of anilines is 1. The van der Waals surface area contributed by atoms with Crippen LogP contribution in [0.15, 0.2) is 67.0 Å². The van der Waals surface area contributed by atoms with E-state index in [-0.39, 0.29) is 17.7 Å². The Morgan fingerprint density at radius 1 is 1.00 bits per heavy atom. The first-order chi connectivity index (χ1) is 13.1. The maximum atomic E-state index is 13.9. The highest BCUT2D eigenvalue weighted by molar-refractivity contribution is 6.01. The monoisotopic (exact) mass is 363 g/mol. The van der Waals surface area contributed by atoms with Gasteiger partial charge in [-0.3, -0.25) is 4.79 Å². The molecular formula is C21H15F2N3O. The molecule has 3 aromatic rings. The molecule has 2 aliphatic rings. The van der Waals surface area contributed by atoms with Gasteiger partial charge < -0.3 is 9.88 Å². The molecule has 0 saturated carbocycles. The second-order valence-electron chi connectivity index (χ2n) is 6.83. The molecule has 6 heteroatoms. The van der Waals surface area contributed by atoms with Crippen molar-refractivity contribution in [1.82, 2.24) is 9.97 Å². The number of rotatable bonds is 2. The number of hydrogen-bond donors (Lipinski definition) is 1. The van der Waals surface area contributed by atoms with Crippen molar-refractivity contribution in [3.8, 4) is 0 Å². The van der Waals surface area contributed by atoms with Gasteiger partial charge in [0, 0.05) is 17.7 Å². The fourth-order valence-electron chi connectivity index (χ4n) is 4.12. The second-order valence-corrected chi connectivity index (χ2v) is 6.83. The van der Waals surface area contributed by atoms with Gasteiger partial charge in [0.25, 0.3) is 0 Å². The van der Waals surface area contributed by atoms with Crippen molar-refractivity contribution in [2.75, 3.05) is 4.90 Å². The van der Waals surface area contributed by atoms with Crippen molar-refractivity contribution in [2.45, 2.75) is 6.04 Å². The highest BCUT2D eigenvalue weighted by atomic mass is 19.1. The topological polar surface area (TPSA) is 49.0 Å². The van der Waals surface area contributed by atoms with Gasteiger partial charge in [0.1, 0.15) is 11.6 Å². The minimum atomic E-state index is -0.653. The molecule has 0 spiro atoms. The SMILES string of the molecule is O=C1C2C=CC=CC2C(c2cc(F)cc(F)c2)N1c1ccc2nc[nH]c2c1. The Morgan fingerprint density at radius 2 is 1.78 bits per heavy atom. The summed E-state index contributed by atoms with van der Waals surface area (Å²) < 4.78 is 27.8. The molecule has 0 radical (unpaired) electrons. The summed E-state index contributed by atoms with van der Waals surface area (Å²) in [6.45, 7) is 0. The van der Waals surface area contributed by atoms with E-state index >= 15 is 0 Å². The van der Waals surface area contributed by atoms with Crippen molar-refractivity contribution < 1.29 is 13.6 Å². The zero-order chi connectivity index (χ0) is 18.5. The lowest BCUT2D eigenvalue weighted by molar-refractivity contribution is -0.119. The quantitative estimate of drug-likeness (QED) is 0.738. The van der Waals surface area contributed by atoms with E-state index in [4.69, 9.17) is 0 Å². The van der Waals surface area contributed by atoms with Crippen LogP contribution in [-0.2, 0) is 4.79 Å². The molecule has 1 amide bonds. The number of aromatic nitrogens is 2. The first-order valence-corrected chi connectivity index (χ1v) is 8.69. The van der Waals surface area contributed by atoms with E-state index in [1.807, 2.05) is 42.5 Å². The van der Waals surface area contributed by atoms with E-state index in [9.17, 15) is 13.6 Å². The maximum Gasteiger partial charge on any atom is 0.235 e. The second kappa shape index (κ2) is 5.87. The number of carbonyl (C=O) groups is 1. The van der Waals surface area contributed by atoms with Gasteiger partial charge in [-0.25, -0.2) is 13.8 Å². The average molecular weight is 363 g/mol. The molecule has 3 unspecified atom stereocenters. The fraction of sp³-hybridized carbons (Fsp3) is 0.143. The lowest BCUT2D eigenvalue weighted by Gasteiger charge is -2.28. The molecule has 2 aromatic carbocycles. The summed E-state index contributed by atoms with van der Waals surface area (Å²) >= 11 is 0. The molecule has 134 valence electrons. The van der Waals surface area contributed by atoms with E-state index in [0.29, 0.717) is 11.3 Å². The summed E-state index contributed by atoms with van der Waals surface area (Å²) in [5.74, 6) is -1.94. The van der Waals surface area contributed by atoms with Crippen LogP contribution in [0.1, 0.15) is 11.6 Å². The van der Waals surface area contributed by atoms with E-state index in [1.54, 1.807) is 11.2 Å². The number of hydrogen-bond acceptors (Lipinski definition) is 2. The molecule has 1 aliphatic carbocycles. The van der Waals surface area contributed by atoms with Crippen molar-refractivity contribution in [3.05, 3.63) is 84.2 Å². The molecule has 2 heterocycles. The van der Waals surface area contributed by atoms with Gasteiger partial charge in [-0.1, -0.05) is 24.3 Å². The smallest absolute Gasteiger partial charge is 0.235 e. The van der Waals surface area contributed by atoms with E-state index < -0.39 is 17.7 Å². The van der Waals surface area contributed by atoms with Gasteiger partial charge in [0.2, 0.25) is 5.91 Å². The minimum Gasteiger partial charge on any atom is -0.345 e. The molecule has 27 heavy (non-hydrogen) atoms. The van der Waals surface area contributed by atoms with Crippen LogP contribution in [0.2, 0.25) is 0 Å². The molecule has 4 nitrogen and oxygen atoms in total. The number of H-pyrrole nitrogens is 1. The van der Waals surface area contributed by atoms with Crippen LogP contribution < -0.4 is 4.90 Å². The van der Waals surface area contributed by atoms with Gasteiger partial charge in [-0.15, -0.1) is 0 Å². The summed E-state index contributed by atoms with van der Waals surface area (Å²) in [5, 5.41) is 0. The van der Waals surface area contributed by atoms with Crippen LogP contribution in [0.4, 0.5) is 14.5 Å². The Balaban J connectivity index is 1.69.